The van der Waals surface area contributed by atoms with Gasteiger partial charge >= 0.3 is 6.09 Å². The Hall–Kier alpha value is -2.29. The van der Waals surface area contributed by atoms with Crippen molar-refractivity contribution in [1.29, 1.82) is 0 Å². The van der Waals surface area contributed by atoms with Crippen LogP contribution in [0.25, 0.3) is 11.1 Å². The molecule has 0 aromatic heterocycles. The molecule has 0 aliphatic heterocycles. The van der Waals surface area contributed by atoms with Gasteiger partial charge in [-0.1, -0.05) is 75.2 Å². The quantitative estimate of drug-likeness (QED) is 0.725. The Labute approximate surface area is 150 Å². The van der Waals surface area contributed by atoms with E-state index in [1.54, 1.807) is 0 Å². The molecule has 1 aliphatic rings. The average molecular weight is 337 g/mol. The van der Waals surface area contributed by atoms with Gasteiger partial charge in [0, 0.05) is 12.0 Å². The van der Waals surface area contributed by atoms with Crippen LogP contribution in [0.5, 0.6) is 0 Å². The number of hydrogen-bond acceptors (Lipinski definition) is 2. The summed E-state index contributed by atoms with van der Waals surface area (Å²) in [4.78, 5) is 12.2. The van der Waals surface area contributed by atoms with Crippen LogP contribution in [-0.2, 0) is 4.74 Å². The maximum absolute atomic E-state index is 12.2. The maximum atomic E-state index is 12.2. The van der Waals surface area contributed by atoms with Crippen molar-refractivity contribution in [3.8, 4) is 11.1 Å². The summed E-state index contributed by atoms with van der Waals surface area (Å²) in [6.07, 6.45) is 3.91. The number of unbranched alkanes of at least 4 members (excludes halogenated alkanes) is 1. The normalized spacial score (nSPS) is 13.8. The molecular weight excluding hydrogens is 310 g/mol. The van der Waals surface area contributed by atoms with Crippen molar-refractivity contribution < 1.29 is 9.53 Å². The van der Waals surface area contributed by atoms with Gasteiger partial charge in [-0.15, -0.1) is 0 Å². The molecule has 3 nitrogen and oxygen atoms in total. The second-order valence-corrected chi connectivity index (χ2v) is 6.72. The number of benzene rings is 2. The SMILES string of the molecule is CCCC[C@@H](CC)NC(=O)OCC1c2ccccc2-c2ccccc21. The molecule has 0 heterocycles. The van der Waals surface area contributed by atoms with Crippen molar-refractivity contribution in [2.45, 2.75) is 51.5 Å². The zero-order valence-electron chi connectivity index (χ0n) is 15.1. The number of hydrogen-bond donors (Lipinski definition) is 1. The molecule has 3 rings (SSSR count). The number of carbonyl (C=O) groups is 1. The summed E-state index contributed by atoms with van der Waals surface area (Å²) in [7, 11) is 0. The van der Waals surface area contributed by atoms with E-state index in [0.29, 0.717) is 6.61 Å². The fourth-order valence-electron chi connectivity index (χ4n) is 3.64. The van der Waals surface area contributed by atoms with Crippen LogP contribution in [-0.4, -0.2) is 18.7 Å². The summed E-state index contributed by atoms with van der Waals surface area (Å²) in [6.45, 7) is 4.65. The molecule has 0 spiro atoms. The first-order valence-corrected chi connectivity index (χ1v) is 9.36. The van der Waals surface area contributed by atoms with Crippen LogP contribution in [0.2, 0.25) is 0 Å². The van der Waals surface area contributed by atoms with Crippen molar-refractivity contribution in [1.82, 2.24) is 5.32 Å². The minimum absolute atomic E-state index is 0.119. The lowest BCUT2D eigenvalue weighted by molar-refractivity contribution is 0.138. The number of rotatable bonds is 7. The number of alkyl carbamates (subject to hydrolysis) is 1. The lowest BCUT2D eigenvalue weighted by Gasteiger charge is -2.18. The molecule has 132 valence electrons. The number of nitrogens with one attached hydrogen (secondary N) is 1. The van der Waals surface area contributed by atoms with Gasteiger partial charge in [0.25, 0.3) is 0 Å². The smallest absolute Gasteiger partial charge is 0.407 e. The van der Waals surface area contributed by atoms with Gasteiger partial charge in [0.2, 0.25) is 0 Å². The lowest BCUT2D eigenvalue weighted by atomic mass is 9.98. The molecule has 1 aliphatic carbocycles. The van der Waals surface area contributed by atoms with Gasteiger partial charge in [0.1, 0.15) is 6.61 Å². The van der Waals surface area contributed by atoms with Crippen LogP contribution >= 0.6 is 0 Å². The van der Waals surface area contributed by atoms with Crippen molar-refractivity contribution in [3.05, 3.63) is 59.7 Å². The fraction of sp³-hybridized carbons (Fsp3) is 0.409. The zero-order valence-corrected chi connectivity index (χ0v) is 15.1. The van der Waals surface area contributed by atoms with Crippen LogP contribution in [0.1, 0.15) is 56.6 Å². The highest BCUT2D eigenvalue weighted by Gasteiger charge is 2.29. The first-order chi connectivity index (χ1) is 12.2. The van der Waals surface area contributed by atoms with Gasteiger partial charge in [-0.2, -0.15) is 0 Å². The zero-order chi connectivity index (χ0) is 17.6. The third-order valence-electron chi connectivity index (χ3n) is 5.06. The molecule has 25 heavy (non-hydrogen) atoms. The molecule has 1 atom stereocenters. The van der Waals surface area contributed by atoms with Gasteiger partial charge < -0.3 is 10.1 Å². The molecule has 1 amide bonds. The summed E-state index contributed by atoms with van der Waals surface area (Å²) in [5, 5.41) is 3.01. The van der Waals surface area contributed by atoms with Crippen LogP contribution in [0.4, 0.5) is 4.79 Å². The summed E-state index contributed by atoms with van der Waals surface area (Å²) in [5.41, 5.74) is 4.99. The number of ether oxygens (including phenoxy) is 1. The van der Waals surface area contributed by atoms with Gasteiger partial charge in [-0.3, -0.25) is 0 Å². The first kappa shape index (κ1) is 17.5. The monoisotopic (exact) mass is 337 g/mol. The Balaban J connectivity index is 1.66. The second-order valence-electron chi connectivity index (χ2n) is 6.72. The Morgan fingerprint density at radius 3 is 2.20 bits per heavy atom. The number of carbonyl (C=O) groups excluding carboxylic acids is 1. The Morgan fingerprint density at radius 1 is 1.04 bits per heavy atom. The summed E-state index contributed by atoms with van der Waals surface area (Å²) in [6, 6.07) is 17.0. The summed E-state index contributed by atoms with van der Waals surface area (Å²) >= 11 is 0. The Kier molecular flexibility index (Phi) is 5.75. The standard InChI is InChI=1S/C22H27NO2/c1-3-5-10-16(4-2)23-22(24)25-15-21-19-13-8-6-11-17(19)18-12-7-9-14-20(18)21/h6-9,11-14,16,21H,3-5,10,15H2,1-2H3,(H,23,24)/t16-/m1/s1. The summed E-state index contributed by atoms with van der Waals surface area (Å²) in [5.74, 6) is 0.119. The maximum Gasteiger partial charge on any atom is 0.407 e. The molecule has 0 bridgehead atoms. The first-order valence-electron chi connectivity index (χ1n) is 9.36. The van der Waals surface area contributed by atoms with Crippen LogP contribution in [0.15, 0.2) is 48.5 Å². The highest BCUT2D eigenvalue weighted by molar-refractivity contribution is 5.79. The van der Waals surface area contributed by atoms with E-state index >= 15 is 0 Å². The molecule has 1 N–H and O–H groups in total. The van der Waals surface area contributed by atoms with Crippen molar-refractivity contribution in [3.63, 3.8) is 0 Å². The second kappa shape index (κ2) is 8.19. The fourth-order valence-corrected chi connectivity index (χ4v) is 3.64. The molecule has 3 heteroatoms. The highest BCUT2D eigenvalue weighted by Crippen LogP contribution is 2.44. The number of fused-ring (bicyclic) bond motifs is 3. The third-order valence-corrected chi connectivity index (χ3v) is 5.06. The molecular formula is C22H27NO2. The molecule has 2 aromatic rings. The van der Waals surface area contributed by atoms with Crippen molar-refractivity contribution >= 4 is 6.09 Å². The van der Waals surface area contributed by atoms with Gasteiger partial charge in [-0.05, 0) is 35.1 Å². The highest BCUT2D eigenvalue weighted by atomic mass is 16.5. The predicted octanol–water partition coefficient (Wildman–Crippen LogP) is 5.49. The molecule has 0 saturated carbocycles. The van der Waals surface area contributed by atoms with Crippen molar-refractivity contribution in [2.24, 2.45) is 0 Å². The van der Waals surface area contributed by atoms with E-state index in [9.17, 15) is 4.79 Å². The van der Waals surface area contributed by atoms with Gasteiger partial charge in [-0.25, -0.2) is 4.79 Å². The molecule has 0 radical (unpaired) electrons. The van der Waals surface area contributed by atoms with E-state index in [2.05, 4.69) is 67.7 Å². The predicted molar refractivity (Wildman–Crippen MR) is 102 cm³/mol. The van der Waals surface area contributed by atoms with Gasteiger partial charge in [0.05, 0.1) is 0 Å². The van der Waals surface area contributed by atoms with Crippen LogP contribution in [0.3, 0.4) is 0 Å². The van der Waals surface area contributed by atoms with Crippen LogP contribution < -0.4 is 5.32 Å². The molecule has 0 fully saturated rings. The molecule has 0 saturated heterocycles. The van der Waals surface area contributed by atoms with E-state index in [1.807, 2.05) is 0 Å². The van der Waals surface area contributed by atoms with Crippen molar-refractivity contribution in [2.75, 3.05) is 6.61 Å². The molecule has 0 unspecified atom stereocenters. The minimum atomic E-state index is -0.301. The van der Waals surface area contributed by atoms with Gasteiger partial charge in [0.15, 0.2) is 0 Å². The minimum Gasteiger partial charge on any atom is -0.449 e. The van der Waals surface area contributed by atoms with E-state index in [-0.39, 0.29) is 18.1 Å². The Morgan fingerprint density at radius 2 is 1.64 bits per heavy atom. The summed E-state index contributed by atoms with van der Waals surface area (Å²) < 4.78 is 5.60. The molecule has 2 aromatic carbocycles. The number of amides is 1. The topological polar surface area (TPSA) is 38.3 Å². The van der Waals surface area contributed by atoms with E-state index in [0.717, 1.165) is 25.7 Å². The lowest BCUT2D eigenvalue weighted by Crippen LogP contribution is -2.35. The average Bonchev–Trinajstić information content (AvgIpc) is 2.97. The third kappa shape index (κ3) is 3.87. The van der Waals surface area contributed by atoms with E-state index in [4.69, 9.17) is 4.74 Å². The largest absolute Gasteiger partial charge is 0.449 e. The van der Waals surface area contributed by atoms with Crippen LogP contribution in [0, 0.1) is 0 Å². The van der Waals surface area contributed by atoms with E-state index < -0.39 is 0 Å². The van der Waals surface area contributed by atoms with E-state index in [1.165, 1.54) is 22.3 Å². The Bertz CT molecular complexity index is 680.